The molecule has 146 valence electrons. The van der Waals surface area contributed by atoms with E-state index in [1.807, 2.05) is 24.4 Å². The number of carbonyl (C=O) groups is 2. The molecule has 28 heavy (non-hydrogen) atoms. The smallest absolute Gasteiger partial charge is 0.307 e. The number of amides is 1. The molecule has 2 heterocycles. The number of ether oxygens (including phenoxy) is 1. The van der Waals surface area contributed by atoms with Crippen LogP contribution < -0.4 is 10.6 Å². The molecule has 8 heteroatoms. The minimum absolute atomic E-state index is 0.0991. The maximum absolute atomic E-state index is 12.2. The molecule has 0 unspecified atom stereocenters. The molecule has 3 N–H and O–H groups in total. The van der Waals surface area contributed by atoms with Crippen LogP contribution in [0.3, 0.4) is 0 Å². The lowest BCUT2D eigenvalue weighted by Gasteiger charge is -2.07. The van der Waals surface area contributed by atoms with E-state index >= 15 is 0 Å². The number of hydrogen-bond acceptors (Lipinski definition) is 6. The predicted octanol–water partition coefficient (Wildman–Crippen LogP) is 2.15. The van der Waals surface area contributed by atoms with Crippen LogP contribution in [0.1, 0.15) is 16.8 Å². The van der Waals surface area contributed by atoms with Crippen molar-refractivity contribution in [3.05, 3.63) is 54.4 Å². The largest absolute Gasteiger partial charge is 0.494 e. The molecule has 3 aromatic rings. The van der Waals surface area contributed by atoms with Gasteiger partial charge in [0.15, 0.2) is 5.88 Å². The number of benzene rings is 1. The number of nitrogens with one attached hydrogen (secondary N) is 2. The second kappa shape index (κ2) is 8.90. The highest BCUT2D eigenvalue weighted by Gasteiger charge is 2.12. The minimum Gasteiger partial charge on any atom is -0.494 e. The van der Waals surface area contributed by atoms with Gasteiger partial charge in [-0.05, 0) is 24.3 Å². The number of methoxy groups -OCH3 is 1. The molecule has 0 radical (unpaired) electrons. The number of carbonyl (C=O) groups excluding carboxylic acids is 2. The minimum atomic E-state index is -0.384. The van der Waals surface area contributed by atoms with E-state index < -0.39 is 0 Å². The van der Waals surface area contributed by atoms with Gasteiger partial charge < -0.3 is 25.0 Å². The standard InChI is InChI=1S/C20H22N4O4/c1-28-18(25)7-9-23-19(26)14-5-6-15-13-24(20(27)16(15)12-14)11-10-22-17-4-2-3-8-21-17/h2-6,8,12-13,27H,7,9-11H2,1H3,(H,21,22)(H,23,26). The zero-order valence-corrected chi connectivity index (χ0v) is 15.5. The third-order valence-electron chi connectivity index (χ3n) is 4.29. The summed E-state index contributed by atoms with van der Waals surface area (Å²) < 4.78 is 6.26. The van der Waals surface area contributed by atoms with Gasteiger partial charge in [-0.2, -0.15) is 0 Å². The molecule has 0 aliphatic carbocycles. The molecule has 1 amide bonds. The van der Waals surface area contributed by atoms with Gasteiger partial charge in [0, 0.05) is 48.4 Å². The summed E-state index contributed by atoms with van der Waals surface area (Å²) in [5, 5.41) is 17.8. The Bertz CT molecular complexity index is 969. The average Bonchev–Trinajstić information content (AvgIpc) is 3.03. The van der Waals surface area contributed by atoms with Crippen LogP contribution in [0.4, 0.5) is 5.82 Å². The first kappa shape index (κ1) is 19.2. The van der Waals surface area contributed by atoms with E-state index in [-0.39, 0.29) is 30.7 Å². The first-order valence-electron chi connectivity index (χ1n) is 8.90. The maximum Gasteiger partial charge on any atom is 0.307 e. The molecule has 0 fully saturated rings. The van der Waals surface area contributed by atoms with Crippen molar-refractivity contribution in [3.8, 4) is 5.88 Å². The summed E-state index contributed by atoms with van der Waals surface area (Å²) in [5.41, 5.74) is 0.414. The molecule has 0 bridgehead atoms. The lowest BCUT2D eigenvalue weighted by molar-refractivity contribution is -0.140. The Morgan fingerprint density at radius 2 is 2.07 bits per heavy atom. The first-order chi connectivity index (χ1) is 13.6. The average molecular weight is 382 g/mol. The van der Waals surface area contributed by atoms with Crippen molar-refractivity contribution in [2.24, 2.45) is 0 Å². The number of rotatable bonds is 8. The fourth-order valence-electron chi connectivity index (χ4n) is 2.81. The topological polar surface area (TPSA) is 105 Å². The van der Waals surface area contributed by atoms with E-state index in [0.717, 1.165) is 11.2 Å². The van der Waals surface area contributed by atoms with Crippen molar-refractivity contribution in [1.82, 2.24) is 14.9 Å². The van der Waals surface area contributed by atoms with Crippen molar-refractivity contribution in [3.63, 3.8) is 0 Å². The Kier molecular flexibility index (Phi) is 6.11. The van der Waals surface area contributed by atoms with E-state index in [4.69, 9.17) is 0 Å². The maximum atomic E-state index is 12.2. The van der Waals surface area contributed by atoms with E-state index in [2.05, 4.69) is 20.4 Å². The van der Waals surface area contributed by atoms with E-state index in [1.54, 1.807) is 29.0 Å². The number of nitrogens with zero attached hydrogens (tertiary/aromatic N) is 2. The highest BCUT2D eigenvalue weighted by Crippen LogP contribution is 2.28. The highest BCUT2D eigenvalue weighted by molar-refractivity contribution is 6.00. The van der Waals surface area contributed by atoms with E-state index in [0.29, 0.717) is 24.0 Å². The van der Waals surface area contributed by atoms with Crippen LogP contribution in [-0.2, 0) is 16.1 Å². The third kappa shape index (κ3) is 4.59. The van der Waals surface area contributed by atoms with E-state index in [9.17, 15) is 14.7 Å². The predicted molar refractivity (Wildman–Crippen MR) is 105 cm³/mol. The Morgan fingerprint density at radius 1 is 1.21 bits per heavy atom. The molecule has 0 aliphatic heterocycles. The van der Waals surface area contributed by atoms with Crippen molar-refractivity contribution < 1.29 is 19.4 Å². The molecule has 0 saturated carbocycles. The SMILES string of the molecule is COC(=O)CCNC(=O)c1ccc2cn(CCNc3ccccn3)c(O)c2c1. The van der Waals surface area contributed by atoms with Crippen LogP contribution in [-0.4, -0.2) is 46.7 Å². The van der Waals surface area contributed by atoms with Gasteiger partial charge in [0.05, 0.1) is 13.5 Å². The Balaban J connectivity index is 1.64. The summed E-state index contributed by atoms with van der Waals surface area (Å²) >= 11 is 0. The van der Waals surface area contributed by atoms with Crippen LogP contribution in [0.15, 0.2) is 48.8 Å². The normalized spacial score (nSPS) is 10.6. The van der Waals surface area contributed by atoms with Gasteiger partial charge in [0.2, 0.25) is 0 Å². The summed E-state index contributed by atoms with van der Waals surface area (Å²) in [4.78, 5) is 27.5. The fourth-order valence-corrected chi connectivity index (χ4v) is 2.81. The van der Waals surface area contributed by atoms with E-state index in [1.165, 1.54) is 7.11 Å². The van der Waals surface area contributed by atoms with Gasteiger partial charge in [-0.25, -0.2) is 4.98 Å². The fraction of sp³-hybridized carbons (Fsp3) is 0.250. The Morgan fingerprint density at radius 3 is 2.82 bits per heavy atom. The number of pyridine rings is 1. The molecule has 8 nitrogen and oxygen atoms in total. The molecular weight excluding hydrogens is 360 g/mol. The molecule has 1 aromatic carbocycles. The number of anilines is 1. The lowest BCUT2D eigenvalue weighted by Crippen LogP contribution is -2.26. The van der Waals surface area contributed by atoms with Crippen LogP contribution in [0.25, 0.3) is 10.8 Å². The Labute approximate surface area is 162 Å². The van der Waals surface area contributed by atoms with Crippen molar-refractivity contribution in [1.29, 1.82) is 0 Å². The molecule has 0 atom stereocenters. The summed E-state index contributed by atoms with van der Waals surface area (Å²) in [7, 11) is 1.30. The van der Waals surface area contributed by atoms with Crippen molar-refractivity contribution >= 4 is 28.5 Å². The summed E-state index contributed by atoms with van der Waals surface area (Å²) in [6.07, 6.45) is 3.65. The third-order valence-corrected chi connectivity index (χ3v) is 4.29. The number of fused-ring (bicyclic) bond motifs is 1. The number of esters is 1. The summed E-state index contributed by atoms with van der Waals surface area (Å²) in [5.74, 6) is 0.172. The second-order valence-electron chi connectivity index (χ2n) is 6.17. The summed E-state index contributed by atoms with van der Waals surface area (Å²) in [6.45, 7) is 1.32. The monoisotopic (exact) mass is 382 g/mol. The van der Waals surface area contributed by atoms with Gasteiger partial charge in [-0.15, -0.1) is 0 Å². The van der Waals surface area contributed by atoms with Crippen molar-refractivity contribution in [2.45, 2.75) is 13.0 Å². The van der Waals surface area contributed by atoms with Gasteiger partial charge in [0.1, 0.15) is 5.82 Å². The highest BCUT2D eigenvalue weighted by atomic mass is 16.5. The lowest BCUT2D eigenvalue weighted by atomic mass is 10.1. The quantitative estimate of drug-likeness (QED) is 0.516. The number of aromatic nitrogens is 2. The van der Waals surface area contributed by atoms with Gasteiger partial charge in [-0.1, -0.05) is 12.1 Å². The number of hydrogen-bond donors (Lipinski definition) is 3. The van der Waals surface area contributed by atoms with Gasteiger partial charge in [0.25, 0.3) is 5.91 Å². The molecule has 2 aromatic heterocycles. The van der Waals surface area contributed by atoms with Crippen molar-refractivity contribution in [2.75, 3.05) is 25.5 Å². The van der Waals surface area contributed by atoms with Crippen LogP contribution >= 0.6 is 0 Å². The number of aromatic hydroxyl groups is 1. The molecular formula is C20H22N4O4. The van der Waals surface area contributed by atoms with Crippen LogP contribution in [0.2, 0.25) is 0 Å². The molecule has 0 aliphatic rings. The second-order valence-corrected chi connectivity index (χ2v) is 6.17. The van der Waals surface area contributed by atoms with Crippen LogP contribution in [0.5, 0.6) is 5.88 Å². The molecule has 0 spiro atoms. The van der Waals surface area contributed by atoms with Gasteiger partial charge in [-0.3, -0.25) is 9.59 Å². The first-order valence-corrected chi connectivity index (χ1v) is 8.90. The molecule has 0 saturated heterocycles. The van der Waals surface area contributed by atoms with Crippen LogP contribution in [0, 0.1) is 0 Å². The van der Waals surface area contributed by atoms with Gasteiger partial charge >= 0.3 is 5.97 Å². The summed E-state index contributed by atoms with van der Waals surface area (Å²) in [6, 6.07) is 10.7. The zero-order chi connectivity index (χ0) is 19.9. The Hall–Kier alpha value is -3.55. The zero-order valence-electron chi connectivity index (χ0n) is 15.5. The molecule has 3 rings (SSSR count).